The van der Waals surface area contributed by atoms with Crippen molar-refractivity contribution in [3.8, 4) is 0 Å². The number of likely N-dealkylation sites (N-methyl/N-ethyl adjacent to an activating group) is 1. The van der Waals surface area contributed by atoms with Crippen LogP contribution in [0.15, 0.2) is 0 Å². The van der Waals surface area contributed by atoms with Crippen molar-refractivity contribution in [2.45, 2.75) is 25.5 Å². The second-order valence-corrected chi connectivity index (χ2v) is 3.26. The Balaban J connectivity index is 3.85. The molecule has 6 heteroatoms. The lowest BCUT2D eigenvalue weighted by Gasteiger charge is -2.19. The van der Waals surface area contributed by atoms with Crippen LogP contribution < -0.4 is 5.32 Å². The number of halogens is 2. The fourth-order valence-corrected chi connectivity index (χ4v) is 0.861. The molecule has 0 aliphatic heterocycles. The van der Waals surface area contributed by atoms with Crippen molar-refractivity contribution >= 4 is 5.91 Å². The molecular formula is C8H16F2N2O2. The second-order valence-electron chi connectivity index (χ2n) is 3.26. The summed E-state index contributed by atoms with van der Waals surface area (Å²) in [7, 11) is 3.15. The molecule has 84 valence electrons. The van der Waals surface area contributed by atoms with Crippen molar-refractivity contribution in [1.29, 1.82) is 0 Å². The third-order valence-electron chi connectivity index (χ3n) is 1.74. The van der Waals surface area contributed by atoms with Crippen molar-refractivity contribution in [2.24, 2.45) is 0 Å². The lowest BCUT2D eigenvalue weighted by atomic mass is 10.2. The normalized spacial score (nSPS) is 15.4. The first-order valence-electron chi connectivity index (χ1n) is 4.27. The van der Waals surface area contributed by atoms with E-state index >= 15 is 0 Å². The van der Waals surface area contributed by atoms with Gasteiger partial charge in [-0.05, 0) is 6.92 Å². The highest BCUT2D eigenvalue weighted by atomic mass is 19.3. The minimum atomic E-state index is -2.79. The van der Waals surface area contributed by atoms with Gasteiger partial charge in [-0.1, -0.05) is 0 Å². The minimum absolute atomic E-state index is 0.216. The van der Waals surface area contributed by atoms with E-state index in [1.165, 1.54) is 4.90 Å². The zero-order valence-corrected chi connectivity index (χ0v) is 8.50. The van der Waals surface area contributed by atoms with Gasteiger partial charge in [0.05, 0.1) is 6.04 Å². The summed E-state index contributed by atoms with van der Waals surface area (Å²) in [6, 6.07) is -0.571. The number of aliphatic hydroxyl groups is 1. The quantitative estimate of drug-likeness (QED) is 0.654. The Hall–Kier alpha value is -0.750. The first kappa shape index (κ1) is 13.2. The van der Waals surface area contributed by atoms with Crippen LogP contribution in [0.3, 0.4) is 0 Å². The van der Waals surface area contributed by atoms with Crippen molar-refractivity contribution in [3.63, 3.8) is 0 Å². The van der Waals surface area contributed by atoms with Gasteiger partial charge in [-0.3, -0.25) is 4.79 Å². The van der Waals surface area contributed by atoms with Crippen LogP contribution >= 0.6 is 0 Å². The third kappa shape index (κ3) is 4.48. The molecular weight excluding hydrogens is 194 g/mol. The lowest BCUT2D eigenvalue weighted by Crippen LogP contribution is -2.45. The van der Waals surface area contributed by atoms with E-state index < -0.39 is 18.6 Å². The van der Waals surface area contributed by atoms with Crippen molar-refractivity contribution < 1.29 is 18.7 Å². The van der Waals surface area contributed by atoms with Crippen LogP contribution in [0.5, 0.6) is 0 Å². The molecule has 0 saturated heterocycles. The number of carbonyl (C=O) groups excluding carboxylic acids is 1. The molecule has 14 heavy (non-hydrogen) atoms. The highest BCUT2D eigenvalue weighted by Gasteiger charge is 2.20. The summed E-state index contributed by atoms with van der Waals surface area (Å²) < 4.78 is 23.7. The fraction of sp³-hybridized carbons (Fsp3) is 0.875. The second kappa shape index (κ2) is 5.87. The average Bonchev–Trinajstić information content (AvgIpc) is 2.11. The molecule has 2 unspecified atom stereocenters. The number of nitrogens with one attached hydrogen (secondary N) is 1. The van der Waals surface area contributed by atoms with Gasteiger partial charge in [0.25, 0.3) is 6.43 Å². The maximum atomic E-state index is 11.9. The van der Waals surface area contributed by atoms with Gasteiger partial charge in [-0.25, -0.2) is 8.78 Å². The molecule has 0 aliphatic rings. The Morgan fingerprint density at radius 2 is 2.00 bits per heavy atom. The summed E-state index contributed by atoms with van der Waals surface area (Å²) in [5.41, 5.74) is 0. The van der Waals surface area contributed by atoms with E-state index in [0.717, 1.165) is 0 Å². The van der Waals surface area contributed by atoms with Gasteiger partial charge in [0.1, 0.15) is 6.10 Å². The third-order valence-corrected chi connectivity index (χ3v) is 1.74. The topological polar surface area (TPSA) is 52.6 Å². The van der Waals surface area contributed by atoms with Gasteiger partial charge in [-0.15, -0.1) is 0 Å². The van der Waals surface area contributed by atoms with E-state index in [2.05, 4.69) is 5.32 Å². The van der Waals surface area contributed by atoms with Crippen molar-refractivity contribution in [2.75, 3.05) is 20.6 Å². The number of hydrogen-bond acceptors (Lipinski definition) is 3. The first-order chi connectivity index (χ1) is 6.36. The predicted octanol–water partition coefficient (Wildman–Crippen LogP) is -0.321. The zero-order valence-electron chi connectivity index (χ0n) is 8.50. The minimum Gasteiger partial charge on any atom is -0.386 e. The van der Waals surface area contributed by atoms with Crippen LogP contribution in [0.2, 0.25) is 0 Å². The molecule has 0 aromatic rings. The Bertz CT molecular complexity index is 188. The predicted molar refractivity (Wildman–Crippen MR) is 48.2 cm³/mol. The zero-order chi connectivity index (χ0) is 11.3. The summed E-state index contributed by atoms with van der Waals surface area (Å²) in [5, 5.41) is 11.3. The van der Waals surface area contributed by atoms with Crippen LogP contribution in [0.1, 0.15) is 6.92 Å². The van der Waals surface area contributed by atoms with Crippen molar-refractivity contribution in [1.82, 2.24) is 10.2 Å². The van der Waals surface area contributed by atoms with Gasteiger partial charge in [0.15, 0.2) is 0 Å². The Morgan fingerprint density at radius 3 is 2.36 bits per heavy atom. The van der Waals surface area contributed by atoms with Gasteiger partial charge in [-0.2, -0.15) is 0 Å². The molecule has 0 aromatic carbocycles. The lowest BCUT2D eigenvalue weighted by molar-refractivity contribution is -0.130. The number of nitrogens with zero attached hydrogens (tertiary/aromatic N) is 1. The molecule has 0 spiro atoms. The molecule has 0 rings (SSSR count). The van der Waals surface area contributed by atoms with Gasteiger partial charge in [0, 0.05) is 20.6 Å². The summed E-state index contributed by atoms with van der Waals surface area (Å²) in [5.74, 6) is -0.216. The van der Waals surface area contributed by atoms with Gasteiger partial charge >= 0.3 is 0 Å². The standard InChI is InChI=1S/C8H16F2N2O2/c1-5(8(14)12(2)3)11-4-6(13)7(9)10/h5-7,11,13H,4H2,1-3H3. The maximum Gasteiger partial charge on any atom is 0.265 e. The highest BCUT2D eigenvalue weighted by molar-refractivity contribution is 5.80. The molecule has 1 amide bonds. The Morgan fingerprint density at radius 1 is 1.50 bits per heavy atom. The van der Waals surface area contributed by atoms with Crippen LogP contribution in [-0.4, -0.2) is 55.1 Å². The Kier molecular flexibility index (Phi) is 5.56. The number of rotatable bonds is 5. The van der Waals surface area contributed by atoms with E-state index in [1.54, 1.807) is 21.0 Å². The number of amides is 1. The molecule has 0 fully saturated rings. The molecule has 0 bridgehead atoms. The summed E-state index contributed by atoms with van der Waals surface area (Å²) in [6.07, 6.45) is -4.52. The molecule has 2 atom stereocenters. The summed E-state index contributed by atoms with van der Waals surface area (Å²) >= 11 is 0. The van der Waals surface area contributed by atoms with E-state index in [4.69, 9.17) is 5.11 Å². The van der Waals surface area contributed by atoms with E-state index in [9.17, 15) is 13.6 Å². The van der Waals surface area contributed by atoms with Crippen LogP contribution in [0.4, 0.5) is 8.78 Å². The fourth-order valence-electron chi connectivity index (χ4n) is 0.861. The number of alkyl halides is 2. The van der Waals surface area contributed by atoms with E-state index in [-0.39, 0.29) is 12.5 Å². The number of hydrogen-bond donors (Lipinski definition) is 2. The molecule has 0 aromatic heterocycles. The first-order valence-corrected chi connectivity index (χ1v) is 4.27. The SMILES string of the molecule is CC(NCC(O)C(F)F)C(=O)N(C)C. The Labute approximate surface area is 81.9 Å². The van der Waals surface area contributed by atoms with E-state index in [1.807, 2.05) is 0 Å². The van der Waals surface area contributed by atoms with Gasteiger partial charge in [0.2, 0.25) is 5.91 Å². The number of carbonyl (C=O) groups is 1. The number of aliphatic hydroxyl groups excluding tert-OH is 1. The highest BCUT2D eigenvalue weighted by Crippen LogP contribution is 1.99. The van der Waals surface area contributed by atoms with Crippen LogP contribution in [0.25, 0.3) is 0 Å². The maximum absolute atomic E-state index is 11.9. The monoisotopic (exact) mass is 210 g/mol. The summed E-state index contributed by atoms with van der Waals surface area (Å²) in [4.78, 5) is 12.6. The molecule has 0 radical (unpaired) electrons. The van der Waals surface area contributed by atoms with Crippen LogP contribution in [-0.2, 0) is 4.79 Å². The smallest absolute Gasteiger partial charge is 0.265 e. The molecule has 0 saturated carbocycles. The molecule has 0 aliphatic carbocycles. The average molecular weight is 210 g/mol. The largest absolute Gasteiger partial charge is 0.386 e. The molecule has 4 nitrogen and oxygen atoms in total. The van der Waals surface area contributed by atoms with Crippen molar-refractivity contribution in [3.05, 3.63) is 0 Å². The molecule has 0 heterocycles. The summed E-state index contributed by atoms with van der Waals surface area (Å²) in [6.45, 7) is 1.26. The van der Waals surface area contributed by atoms with Gasteiger partial charge < -0.3 is 15.3 Å². The van der Waals surface area contributed by atoms with E-state index in [0.29, 0.717) is 0 Å². The molecule has 2 N–H and O–H groups in total. The van der Waals surface area contributed by atoms with Crippen LogP contribution in [0, 0.1) is 0 Å².